The van der Waals surface area contributed by atoms with E-state index in [2.05, 4.69) is 20.7 Å². The lowest BCUT2D eigenvalue weighted by molar-refractivity contribution is -0.163. The Morgan fingerprint density at radius 1 is 1.35 bits per heavy atom. The number of aliphatic hydroxyl groups is 1. The molecule has 1 saturated carbocycles. The molecule has 1 aromatic carbocycles. The highest BCUT2D eigenvalue weighted by atomic mass is 79.9. The van der Waals surface area contributed by atoms with Gasteiger partial charge in [-0.2, -0.15) is 0 Å². The van der Waals surface area contributed by atoms with Gasteiger partial charge in [0, 0.05) is 0 Å². The van der Waals surface area contributed by atoms with Gasteiger partial charge < -0.3 is 14.6 Å². The lowest BCUT2D eigenvalue weighted by Crippen LogP contribution is -2.44. The van der Waals surface area contributed by atoms with E-state index in [1.807, 2.05) is 26.0 Å². The van der Waals surface area contributed by atoms with Gasteiger partial charge in [-0.15, -0.1) is 0 Å². The van der Waals surface area contributed by atoms with Gasteiger partial charge in [-0.25, -0.2) is 0 Å². The molecule has 1 N–H and O–H groups in total. The van der Waals surface area contributed by atoms with Gasteiger partial charge in [0.1, 0.15) is 5.75 Å². The first-order valence-corrected chi connectivity index (χ1v) is 7.43. The molecule has 2 rings (SSSR count). The predicted molar refractivity (Wildman–Crippen MR) is 80.7 cm³/mol. The van der Waals surface area contributed by atoms with Crippen LogP contribution in [0.4, 0.5) is 0 Å². The Labute approximate surface area is 128 Å². The topological polar surface area (TPSA) is 55.8 Å². The third-order valence-corrected chi connectivity index (χ3v) is 4.05. The Morgan fingerprint density at radius 3 is 2.45 bits per heavy atom. The highest BCUT2D eigenvalue weighted by Gasteiger charge is 2.48. The molecule has 0 aromatic heterocycles. The number of carbonyl (C=O) groups excluding carboxylic acids is 1. The molecule has 0 radical (unpaired) electrons. The van der Waals surface area contributed by atoms with Crippen molar-refractivity contribution in [1.29, 1.82) is 0 Å². The molecule has 0 atom stereocenters. The standard InChI is InChI=1S/C13H15BrO4.C2H6/c1-17-11-5-9(3-4-10(11)14)13(16)6-8(7-13)12(15)18-2;1-2/h3-5,8,16H,6-7H2,1-2H3;1-2H3. The van der Waals surface area contributed by atoms with Crippen LogP contribution in [-0.4, -0.2) is 25.3 Å². The van der Waals surface area contributed by atoms with Crippen LogP contribution in [0.1, 0.15) is 32.3 Å². The minimum Gasteiger partial charge on any atom is -0.496 e. The Balaban J connectivity index is 0.000000956. The molecule has 0 saturated heterocycles. The number of esters is 1. The van der Waals surface area contributed by atoms with Gasteiger partial charge in [-0.05, 0) is 46.5 Å². The van der Waals surface area contributed by atoms with Crippen molar-refractivity contribution in [1.82, 2.24) is 0 Å². The second kappa shape index (κ2) is 7.09. The summed E-state index contributed by atoms with van der Waals surface area (Å²) in [7, 11) is 2.94. The summed E-state index contributed by atoms with van der Waals surface area (Å²) in [6, 6.07) is 5.45. The molecule has 0 amide bonds. The van der Waals surface area contributed by atoms with Crippen molar-refractivity contribution in [2.75, 3.05) is 14.2 Å². The zero-order chi connectivity index (χ0) is 15.3. The normalized spacial score (nSPS) is 24.0. The van der Waals surface area contributed by atoms with E-state index in [0.717, 1.165) is 10.0 Å². The lowest BCUT2D eigenvalue weighted by Gasteiger charge is -2.42. The maximum Gasteiger partial charge on any atom is 0.308 e. The van der Waals surface area contributed by atoms with E-state index in [1.165, 1.54) is 7.11 Å². The van der Waals surface area contributed by atoms with Gasteiger partial charge in [0.2, 0.25) is 0 Å². The van der Waals surface area contributed by atoms with Crippen LogP contribution in [0.2, 0.25) is 0 Å². The van der Waals surface area contributed by atoms with Gasteiger partial charge in [0.05, 0.1) is 30.2 Å². The van der Waals surface area contributed by atoms with Crippen LogP contribution in [0.15, 0.2) is 22.7 Å². The Morgan fingerprint density at radius 2 is 1.95 bits per heavy atom. The third-order valence-electron chi connectivity index (χ3n) is 3.39. The summed E-state index contributed by atoms with van der Waals surface area (Å²) < 4.78 is 10.7. The minimum absolute atomic E-state index is 0.213. The van der Waals surface area contributed by atoms with Gasteiger partial charge in [-0.3, -0.25) is 4.79 Å². The fourth-order valence-corrected chi connectivity index (χ4v) is 2.68. The van der Waals surface area contributed by atoms with Crippen LogP contribution in [-0.2, 0) is 15.1 Å². The van der Waals surface area contributed by atoms with E-state index < -0.39 is 5.60 Å². The van der Waals surface area contributed by atoms with Gasteiger partial charge >= 0.3 is 5.97 Å². The van der Waals surface area contributed by atoms with Crippen molar-refractivity contribution >= 4 is 21.9 Å². The molecule has 0 heterocycles. The highest BCUT2D eigenvalue weighted by molar-refractivity contribution is 9.10. The van der Waals surface area contributed by atoms with Crippen molar-refractivity contribution in [3.05, 3.63) is 28.2 Å². The molecular formula is C15H21BrO4. The smallest absolute Gasteiger partial charge is 0.308 e. The summed E-state index contributed by atoms with van der Waals surface area (Å²) in [6.45, 7) is 4.00. The van der Waals surface area contributed by atoms with Crippen LogP contribution in [0.3, 0.4) is 0 Å². The molecule has 5 heteroatoms. The molecule has 1 aliphatic rings. The van der Waals surface area contributed by atoms with E-state index >= 15 is 0 Å². The summed E-state index contributed by atoms with van der Waals surface area (Å²) in [5.74, 6) is 0.195. The van der Waals surface area contributed by atoms with Gasteiger partial charge in [0.15, 0.2) is 0 Å². The van der Waals surface area contributed by atoms with E-state index in [9.17, 15) is 9.90 Å². The van der Waals surface area contributed by atoms with Gasteiger partial charge in [-0.1, -0.05) is 19.9 Å². The fraction of sp³-hybridized carbons (Fsp3) is 0.533. The Hall–Kier alpha value is -1.07. The minimum atomic E-state index is -0.952. The number of carbonyl (C=O) groups is 1. The monoisotopic (exact) mass is 344 g/mol. The van der Waals surface area contributed by atoms with Crippen molar-refractivity contribution in [3.63, 3.8) is 0 Å². The number of hydrogen-bond acceptors (Lipinski definition) is 4. The first kappa shape index (κ1) is 17.0. The molecule has 0 bridgehead atoms. The lowest BCUT2D eigenvalue weighted by atomic mass is 9.67. The van der Waals surface area contributed by atoms with Crippen molar-refractivity contribution < 1.29 is 19.4 Å². The number of methoxy groups -OCH3 is 2. The molecule has 112 valence electrons. The number of ether oxygens (including phenoxy) is 2. The molecule has 1 fully saturated rings. The zero-order valence-electron chi connectivity index (χ0n) is 12.3. The van der Waals surface area contributed by atoms with Gasteiger partial charge in [0.25, 0.3) is 0 Å². The predicted octanol–water partition coefficient (Wildman–Crippen LogP) is 3.25. The summed E-state index contributed by atoms with van der Waals surface area (Å²) in [4.78, 5) is 11.3. The second-order valence-corrected chi connectivity index (χ2v) is 5.36. The molecule has 0 spiro atoms. The number of benzene rings is 1. The fourth-order valence-electron chi connectivity index (χ4n) is 2.27. The van der Waals surface area contributed by atoms with Crippen LogP contribution >= 0.6 is 15.9 Å². The number of hydrogen-bond donors (Lipinski definition) is 1. The third kappa shape index (κ3) is 3.33. The summed E-state index contributed by atoms with van der Waals surface area (Å²) in [5, 5.41) is 10.4. The van der Waals surface area contributed by atoms with E-state index in [4.69, 9.17) is 4.74 Å². The van der Waals surface area contributed by atoms with Crippen molar-refractivity contribution in [2.24, 2.45) is 5.92 Å². The molecule has 4 nitrogen and oxygen atoms in total. The molecule has 0 aliphatic heterocycles. The first-order chi connectivity index (χ1) is 9.50. The maximum absolute atomic E-state index is 11.3. The average molecular weight is 345 g/mol. The average Bonchev–Trinajstić information content (AvgIpc) is 2.45. The van der Waals surface area contributed by atoms with Crippen LogP contribution in [0, 0.1) is 5.92 Å². The molecule has 0 unspecified atom stereocenters. The Bertz CT molecular complexity index is 467. The molecule has 1 aromatic rings. The van der Waals surface area contributed by atoms with Crippen LogP contribution < -0.4 is 4.74 Å². The first-order valence-electron chi connectivity index (χ1n) is 6.64. The van der Waals surface area contributed by atoms with Crippen LogP contribution in [0.5, 0.6) is 5.75 Å². The van der Waals surface area contributed by atoms with E-state index in [0.29, 0.717) is 18.6 Å². The molecule has 20 heavy (non-hydrogen) atoms. The maximum atomic E-state index is 11.3. The van der Waals surface area contributed by atoms with Crippen molar-refractivity contribution in [3.8, 4) is 5.75 Å². The second-order valence-electron chi connectivity index (χ2n) is 4.51. The van der Waals surface area contributed by atoms with Crippen molar-refractivity contribution in [2.45, 2.75) is 32.3 Å². The molecule has 1 aliphatic carbocycles. The van der Waals surface area contributed by atoms with Crippen LogP contribution in [0.25, 0.3) is 0 Å². The highest BCUT2D eigenvalue weighted by Crippen LogP contribution is 2.47. The summed E-state index contributed by atoms with van der Waals surface area (Å²) in [6.07, 6.45) is 0.787. The quantitative estimate of drug-likeness (QED) is 0.855. The Kier molecular flexibility index (Phi) is 6.02. The summed E-state index contributed by atoms with van der Waals surface area (Å²) in [5.41, 5.74) is -0.185. The largest absolute Gasteiger partial charge is 0.496 e. The number of halogens is 1. The van der Waals surface area contributed by atoms with E-state index in [-0.39, 0.29) is 11.9 Å². The summed E-state index contributed by atoms with van der Waals surface area (Å²) >= 11 is 3.36. The zero-order valence-corrected chi connectivity index (χ0v) is 13.9. The number of rotatable bonds is 3. The molecular weight excluding hydrogens is 324 g/mol. The SMILES string of the molecule is CC.COC(=O)C1CC(O)(c2ccc(Br)c(OC)c2)C1. The van der Waals surface area contributed by atoms with E-state index in [1.54, 1.807) is 13.2 Å².